The fourth-order valence-electron chi connectivity index (χ4n) is 3.46. The monoisotopic (exact) mass is 396 g/mol. The predicted octanol–water partition coefficient (Wildman–Crippen LogP) is 3.06. The highest BCUT2D eigenvalue weighted by atomic mass is 32.1. The van der Waals surface area contributed by atoms with Crippen LogP contribution in [0.4, 0.5) is 0 Å². The van der Waals surface area contributed by atoms with E-state index in [2.05, 4.69) is 10.5 Å². The molecule has 0 saturated heterocycles. The molecule has 1 amide bonds. The lowest BCUT2D eigenvalue weighted by Gasteiger charge is -2.25. The summed E-state index contributed by atoms with van der Waals surface area (Å²) in [6.07, 6.45) is 5.70. The van der Waals surface area contributed by atoms with E-state index in [1.54, 1.807) is 4.57 Å². The summed E-state index contributed by atoms with van der Waals surface area (Å²) in [4.78, 5) is 28.0. The number of nitrogens with zero attached hydrogens (tertiary/aromatic N) is 3. The zero-order chi connectivity index (χ0) is 20.0. The Morgan fingerprint density at radius 3 is 2.56 bits per heavy atom. The Morgan fingerprint density at radius 1 is 1.30 bits per heavy atom. The van der Waals surface area contributed by atoms with Crippen molar-refractivity contribution in [1.29, 1.82) is 0 Å². The van der Waals surface area contributed by atoms with E-state index in [9.17, 15) is 9.59 Å². The van der Waals surface area contributed by atoms with Gasteiger partial charge in [-0.25, -0.2) is 0 Å². The van der Waals surface area contributed by atoms with Crippen molar-refractivity contribution in [3.63, 3.8) is 0 Å². The van der Waals surface area contributed by atoms with E-state index in [0.29, 0.717) is 19.5 Å². The quantitative estimate of drug-likeness (QED) is 0.510. The molecule has 0 aliphatic heterocycles. The average Bonchev–Trinajstić information content (AvgIpc) is 2.99. The first kappa shape index (κ1) is 21.8. The van der Waals surface area contributed by atoms with Gasteiger partial charge < -0.3 is 14.7 Å². The van der Waals surface area contributed by atoms with E-state index >= 15 is 0 Å². The van der Waals surface area contributed by atoms with Gasteiger partial charge in [0.25, 0.3) is 4.84 Å². The Morgan fingerprint density at radius 2 is 1.96 bits per heavy atom. The lowest BCUT2D eigenvalue weighted by atomic mass is 9.88. The van der Waals surface area contributed by atoms with E-state index in [1.165, 1.54) is 6.42 Å². The van der Waals surface area contributed by atoms with Crippen molar-refractivity contribution in [1.82, 2.24) is 19.9 Å². The summed E-state index contributed by atoms with van der Waals surface area (Å²) in [7, 11) is 3.90. The van der Waals surface area contributed by atoms with Crippen LogP contribution in [-0.2, 0) is 11.3 Å². The molecule has 2 rings (SSSR count). The average molecular weight is 397 g/mol. The van der Waals surface area contributed by atoms with Crippen molar-refractivity contribution in [2.24, 2.45) is 11.8 Å². The van der Waals surface area contributed by atoms with Gasteiger partial charge in [0.15, 0.2) is 0 Å². The maximum atomic E-state index is 13.2. The number of carbonyl (C=O) groups is 2. The zero-order valence-corrected chi connectivity index (χ0v) is 17.7. The number of carbonyl (C=O) groups excluding carboxylic acids is 2. The molecule has 1 fully saturated rings. The molecular weight excluding hydrogens is 364 g/mol. The number of Topliss-reactive ketones (excluding diaryl/α,β-unsaturated/α-hetero) is 1. The Hall–Kier alpha value is -1.54. The summed E-state index contributed by atoms with van der Waals surface area (Å²) in [6, 6.07) is -0.607. The van der Waals surface area contributed by atoms with Crippen LogP contribution in [0, 0.1) is 16.7 Å². The summed E-state index contributed by atoms with van der Waals surface area (Å²) in [5, 5.41) is 6.90. The number of hydrogen-bond acceptors (Lipinski definition) is 6. The third kappa shape index (κ3) is 6.24. The summed E-state index contributed by atoms with van der Waals surface area (Å²) in [6.45, 7) is 5.29. The summed E-state index contributed by atoms with van der Waals surface area (Å²) >= 11 is 5.18. The lowest BCUT2D eigenvalue weighted by molar-refractivity contribution is -0.126. The maximum absolute atomic E-state index is 13.2. The molecule has 1 heterocycles. The van der Waals surface area contributed by atoms with Gasteiger partial charge >= 0.3 is 0 Å². The molecule has 1 aromatic rings. The molecule has 152 valence electrons. The summed E-state index contributed by atoms with van der Waals surface area (Å²) in [5.41, 5.74) is 0. The molecule has 7 nitrogen and oxygen atoms in total. The molecule has 1 aromatic heterocycles. The van der Waals surface area contributed by atoms with Crippen LogP contribution < -0.4 is 5.32 Å². The van der Waals surface area contributed by atoms with Gasteiger partial charge in [-0.2, -0.15) is 0 Å². The first-order valence-corrected chi connectivity index (χ1v) is 10.3. The first-order chi connectivity index (χ1) is 12.8. The number of nitrogens with one attached hydrogen (secondary N) is 1. The standard InChI is InChI=1S/C19H32N4O3S/c1-13(2)12-15(20-18(25)14-8-6-5-7-9-14)16(24)17-21-26-19(27)23(17)11-10-22(3)4/h13-15H,5-12H2,1-4H3,(H,20,25). The van der Waals surface area contributed by atoms with Gasteiger partial charge in [0.2, 0.25) is 17.5 Å². The molecule has 0 bridgehead atoms. The number of amides is 1. The van der Waals surface area contributed by atoms with Crippen molar-refractivity contribution >= 4 is 23.9 Å². The van der Waals surface area contributed by atoms with Crippen LogP contribution in [0.25, 0.3) is 0 Å². The van der Waals surface area contributed by atoms with Gasteiger partial charge in [-0.1, -0.05) is 38.3 Å². The number of likely N-dealkylation sites (N-methyl/N-ethyl adjacent to an activating group) is 1. The van der Waals surface area contributed by atoms with Crippen LogP contribution in [0.1, 0.15) is 63.0 Å². The van der Waals surface area contributed by atoms with Crippen molar-refractivity contribution in [2.75, 3.05) is 20.6 Å². The predicted molar refractivity (Wildman–Crippen MR) is 106 cm³/mol. The van der Waals surface area contributed by atoms with E-state index in [4.69, 9.17) is 16.7 Å². The van der Waals surface area contributed by atoms with E-state index in [-0.39, 0.29) is 34.2 Å². The van der Waals surface area contributed by atoms with Gasteiger partial charge in [0.1, 0.15) is 0 Å². The zero-order valence-electron chi connectivity index (χ0n) is 16.9. The normalized spacial score (nSPS) is 16.7. The fourth-order valence-corrected chi connectivity index (χ4v) is 3.67. The number of aromatic nitrogens is 2. The molecule has 1 aliphatic rings. The Kier molecular flexibility index (Phi) is 8.16. The molecule has 1 atom stereocenters. The minimum Gasteiger partial charge on any atom is -0.346 e. The van der Waals surface area contributed by atoms with Gasteiger partial charge in [-0.05, 0) is 51.5 Å². The van der Waals surface area contributed by atoms with Gasteiger partial charge in [-0.15, -0.1) is 0 Å². The Labute approximate surface area is 166 Å². The number of hydrogen-bond donors (Lipinski definition) is 1. The Balaban J connectivity index is 2.17. The maximum Gasteiger partial charge on any atom is 0.297 e. The second-order valence-electron chi connectivity index (χ2n) is 8.12. The van der Waals surface area contributed by atoms with E-state index < -0.39 is 6.04 Å². The van der Waals surface area contributed by atoms with Crippen molar-refractivity contribution < 1.29 is 14.1 Å². The number of rotatable bonds is 9. The highest BCUT2D eigenvalue weighted by Crippen LogP contribution is 2.24. The van der Waals surface area contributed by atoms with Crippen LogP contribution in [0.15, 0.2) is 4.52 Å². The minimum atomic E-state index is -0.607. The molecule has 1 aliphatic carbocycles. The topological polar surface area (TPSA) is 80.4 Å². The van der Waals surface area contributed by atoms with Crippen LogP contribution in [-0.4, -0.2) is 53.0 Å². The van der Waals surface area contributed by atoms with Gasteiger partial charge in [0.05, 0.1) is 6.04 Å². The first-order valence-electron chi connectivity index (χ1n) is 9.85. The molecule has 0 aromatic carbocycles. The Bertz CT molecular complexity index is 689. The summed E-state index contributed by atoms with van der Waals surface area (Å²) < 4.78 is 6.72. The molecule has 0 radical (unpaired) electrons. The second kappa shape index (κ2) is 10.1. The molecule has 27 heavy (non-hydrogen) atoms. The molecule has 1 N–H and O–H groups in total. The SMILES string of the molecule is CC(C)CC(NC(=O)C1CCCCC1)C(=O)c1noc(=S)n1CCN(C)C. The smallest absolute Gasteiger partial charge is 0.297 e. The third-order valence-corrected chi connectivity index (χ3v) is 5.29. The highest BCUT2D eigenvalue weighted by molar-refractivity contribution is 7.71. The van der Waals surface area contributed by atoms with Gasteiger partial charge in [-0.3, -0.25) is 14.2 Å². The lowest BCUT2D eigenvalue weighted by Crippen LogP contribution is -2.45. The highest BCUT2D eigenvalue weighted by Gasteiger charge is 2.30. The van der Waals surface area contributed by atoms with Crippen LogP contribution >= 0.6 is 12.2 Å². The molecular formula is C19H32N4O3S. The van der Waals surface area contributed by atoms with Crippen molar-refractivity contribution in [3.05, 3.63) is 10.7 Å². The molecule has 0 spiro atoms. The minimum absolute atomic E-state index is 0.00824. The summed E-state index contributed by atoms with van der Waals surface area (Å²) in [5.74, 6) is 0.211. The van der Waals surface area contributed by atoms with E-state index in [1.807, 2.05) is 32.8 Å². The second-order valence-corrected chi connectivity index (χ2v) is 8.47. The molecule has 8 heteroatoms. The number of ketones is 1. The van der Waals surface area contributed by atoms with Crippen LogP contribution in [0.3, 0.4) is 0 Å². The largest absolute Gasteiger partial charge is 0.346 e. The van der Waals surface area contributed by atoms with E-state index in [0.717, 1.165) is 25.7 Å². The van der Waals surface area contributed by atoms with Crippen LogP contribution in [0.2, 0.25) is 0 Å². The molecule has 1 unspecified atom stereocenters. The molecule has 1 saturated carbocycles. The van der Waals surface area contributed by atoms with Crippen LogP contribution in [0.5, 0.6) is 0 Å². The van der Waals surface area contributed by atoms with Crippen molar-refractivity contribution in [2.45, 2.75) is 65.0 Å². The van der Waals surface area contributed by atoms with Gasteiger partial charge in [0, 0.05) is 19.0 Å². The third-order valence-electron chi connectivity index (χ3n) is 4.99. The fraction of sp³-hybridized carbons (Fsp3) is 0.789. The van der Waals surface area contributed by atoms with Crippen molar-refractivity contribution in [3.8, 4) is 0 Å².